The smallest absolute Gasteiger partial charge is 0.228 e. The van der Waals surface area contributed by atoms with Gasteiger partial charge in [0.1, 0.15) is 5.69 Å². The van der Waals surface area contributed by atoms with Crippen molar-refractivity contribution in [2.24, 2.45) is 5.92 Å². The molecular weight excluding hydrogens is 284 g/mol. The summed E-state index contributed by atoms with van der Waals surface area (Å²) in [4.78, 5) is 14.4. The summed E-state index contributed by atoms with van der Waals surface area (Å²) in [5.74, 6) is 1.19. The zero-order chi connectivity index (χ0) is 15.5. The Morgan fingerprint density at radius 1 is 1.23 bits per heavy atom. The Morgan fingerprint density at radius 2 is 2.00 bits per heavy atom. The summed E-state index contributed by atoms with van der Waals surface area (Å²) in [6.07, 6.45) is 1.54. The van der Waals surface area contributed by atoms with Crippen LogP contribution in [0.1, 0.15) is 24.2 Å². The van der Waals surface area contributed by atoms with Crippen molar-refractivity contribution in [2.45, 2.75) is 26.7 Å². The predicted octanol–water partition coefficient (Wildman–Crippen LogP) is 1.33. The number of hydrogen-bond acceptors (Lipinski definition) is 7. The molecule has 0 radical (unpaired) electrons. The first kappa shape index (κ1) is 14.4. The van der Waals surface area contributed by atoms with Crippen molar-refractivity contribution in [1.82, 2.24) is 20.5 Å². The fourth-order valence-electron chi connectivity index (χ4n) is 2.50. The van der Waals surface area contributed by atoms with E-state index in [1.807, 2.05) is 19.1 Å². The molecule has 1 saturated heterocycles. The Balaban J connectivity index is 1.56. The van der Waals surface area contributed by atoms with Crippen LogP contribution in [0.4, 0.5) is 11.6 Å². The van der Waals surface area contributed by atoms with Crippen molar-refractivity contribution in [1.29, 1.82) is 0 Å². The van der Waals surface area contributed by atoms with Crippen LogP contribution in [0.25, 0.3) is 0 Å². The predicted molar refractivity (Wildman–Crippen MR) is 79.4 cm³/mol. The number of anilines is 2. The van der Waals surface area contributed by atoms with Gasteiger partial charge in [0.15, 0.2) is 11.6 Å². The van der Waals surface area contributed by atoms with E-state index in [-0.39, 0.29) is 11.8 Å². The van der Waals surface area contributed by atoms with Crippen molar-refractivity contribution in [3.63, 3.8) is 0 Å². The largest absolute Gasteiger partial charge is 0.355 e. The summed E-state index contributed by atoms with van der Waals surface area (Å²) in [6, 6.07) is 3.91. The van der Waals surface area contributed by atoms with Crippen LogP contribution in [-0.2, 0) is 4.79 Å². The van der Waals surface area contributed by atoms with Gasteiger partial charge in [-0.25, -0.2) is 4.63 Å². The molecule has 22 heavy (non-hydrogen) atoms. The molecule has 3 rings (SSSR count). The van der Waals surface area contributed by atoms with Crippen LogP contribution in [0, 0.1) is 19.8 Å². The Hall–Kier alpha value is -2.51. The monoisotopic (exact) mass is 302 g/mol. The molecule has 2 aromatic rings. The molecule has 1 aliphatic heterocycles. The molecule has 0 aliphatic carbocycles. The fraction of sp³-hybridized carbons (Fsp3) is 0.500. The number of carbonyl (C=O) groups excluding carboxylic acids is 1. The lowest BCUT2D eigenvalue weighted by molar-refractivity contribution is -0.120. The van der Waals surface area contributed by atoms with E-state index in [4.69, 9.17) is 0 Å². The first-order chi connectivity index (χ1) is 10.6. The standard InChI is InChI=1S/C14H18N6O2/c1-9-3-4-12(17-16-9)20-7-5-11(6-8-20)14(21)15-13-10(2)18-22-19-13/h3-4,11H,5-8H2,1-2H3,(H,15,19,21). The molecule has 0 bridgehead atoms. The zero-order valence-corrected chi connectivity index (χ0v) is 12.6. The summed E-state index contributed by atoms with van der Waals surface area (Å²) in [5.41, 5.74) is 1.48. The second kappa shape index (κ2) is 6.08. The van der Waals surface area contributed by atoms with Gasteiger partial charge in [0, 0.05) is 19.0 Å². The molecule has 0 spiro atoms. The molecule has 116 valence electrons. The van der Waals surface area contributed by atoms with Crippen LogP contribution in [0.15, 0.2) is 16.8 Å². The minimum Gasteiger partial charge on any atom is -0.355 e. The minimum absolute atomic E-state index is 0.0339. The number of rotatable bonds is 3. The molecule has 2 aromatic heterocycles. The lowest BCUT2D eigenvalue weighted by atomic mass is 9.96. The molecule has 8 heteroatoms. The molecule has 0 aromatic carbocycles. The summed E-state index contributed by atoms with van der Waals surface area (Å²) in [7, 11) is 0. The highest BCUT2D eigenvalue weighted by molar-refractivity contribution is 5.92. The second-order valence-electron chi connectivity index (χ2n) is 5.48. The van der Waals surface area contributed by atoms with Gasteiger partial charge in [-0.15, -0.1) is 5.10 Å². The van der Waals surface area contributed by atoms with Gasteiger partial charge in [-0.05, 0) is 44.0 Å². The lowest BCUT2D eigenvalue weighted by Crippen LogP contribution is -2.38. The van der Waals surface area contributed by atoms with Crippen LogP contribution in [0.3, 0.4) is 0 Å². The van der Waals surface area contributed by atoms with Crippen LogP contribution in [0.2, 0.25) is 0 Å². The summed E-state index contributed by atoms with van der Waals surface area (Å²) in [6.45, 7) is 5.22. The summed E-state index contributed by atoms with van der Waals surface area (Å²) < 4.78 is 4.58. The highest BCUT2D eigenvalue weighted by Gasteiger charge is 2.26. The van der Waals surface area contributed by atoms with Gasteiger partial charge in [-0.2, -0.15) is 5.10 Å². The number of aromatic nitrogens is 4. The van der Waals surface area contributed by atoms with Crippen molar-refractivity contribution in [3.05, 3.63) is 23.5 Å². The molecule has 8 nitrogen and oxygen atoms in total. The number of hydrogen-bond donors (Lipinski definition) is 1. The van der Waals surface area contributed by atoms with E-state index in [9.17, 15) is 4.79 Å². The Morgan fingerprint density at radius 3 is 2.59 bits per heavy atom. The first-order valence-electron chi connectivity index (χ1n) is 7.29. The van der Waals surface area contributed by atoms with E-state index in [1.165, 1.54) is 0 Å². The van der Waals surface area contributed by atoms with Crippen LogP contribution in [0.5, 0.6) is 0 Å². The third kappa shape index (κ3) is 3.05. The number of aryl methyl sites for hydroxylation is 2. The maximum Gasteiger partial charge on any atom is 0.228 e. The molecule has 1 aliphatic rings. The van der Waals surface area contributed by atoms with Gasteiger partial charge >= 0.3 is 0 Å². The average Bonchev–Trinajstić information content (AvgIpc) is 2.93. The van der Waals surface area contributed by atoms with Gasteiger partial charge in [-0.1, -0.05) is 5.16 Å². The molecule has 1 amide bonds. The molecule has 0 atom stereocenters. The van der Waals surface area contributed by atoms with Gasteiger partial charge in [0.25, 0.3) is 0 Å². The SMILES string of the molecule is Cc1ccc(N2CCC(C(=O)Nc3nonc3C)CC2)nn1. The third-order valence-electron chi connectivity index (χ3n) is 3.87. The quantitative estimate of drug-likeness (QED) is 0.913. The van der Waals surface area contributed by atoms with Crippen molar-refractivity contribution < 1.29 is 9.42 Å². The van der Waals surface area contributed by atoms with E-state index in [2.05, 4.69) is 35.4 Å². The highest BCUT2D eigenvalue weighted by atomic mass is 16.6. The minimum atomic E-state index is -0.0363. The van der Waals surface area contributed by atoms with Crippen LogP contribution < -0.4 is 10.2 Å². The maximum absolute atomic E-state index is 12.2. The van der Waals surface area contributed by atoms with Gasteiger partial charge < -0.3 is 10.2 Å². The summed E-state index contributed by atoms with van der Waals surface area (Å²) in [5, 5.41) is 18.4. The van der Waals surface area contributed by atoms with Gasteiger partial charge in [0.05, 0.1) is 5.69 Å². The Bertz CT molecular complexity index is 646. The topological polar surface area (TPSA) is 97.0 Å². The Labute approximate surface area is 127 Å². The lowest BCUT2D eigenvalue weighted by Gasteiger charge is -2.31. The fourth-order valence-corrected chi connectivity index (χ4v) is 2.50. The van der Waals surface area contributed by atoms with Gasteiger partial charge in [-0.3, -0.25) is 4.79 Å². The van der Waals surface area contributed by atoms with Gasteiger partial charge in [0.2, 0.25) is 5.91 Å². The third-order valence-corrected chi connectivity index (χ3v) is 3.87. The number of piperidine rings is 1. The number of nitrogens with zero attached hydrogens (tertiary/aromatic N) is 5. The first-order valence-corrected chi connectivity index (χ1v) is 7.29. The zero-order valence-electron chi connectivity index (χ0n) is 12.6. The molecular formula is C14H18N6O2. The van der Waals surface area contributed by atoms with E-state index in [0.717, 1.165) is 37.4 Å². The van der Waals surface area contributed by atoms with Crippen molar-refractivity contribution in [3.8, 4) is 0 Å². The number of carbonyl (C=O) groups is 1. The van der Waals surface area contributed by atoms with E-state index in [1.54, 1.807) is 6.92 Å². The molecule has 1 fully saturated rings. The molecule has 3 heterocycles. The molecule has 1 N–H and O–H groups in total. The van der Waals surface area contributed by atoms with E-state index >= 15 is 0 Å². The normalized spacial score (nSPS) is 15.8. The van der Waals surface area contributed by atoms with Crippen LogP contribution in [-0.4, -0.2) is 39.5 Å². The summed E-state index contributed by atoms with van der Waals surface area (Å²) >= 11 is 0. The van der Waals surface area contributed by atoms with E-state index < -0.39 is 0 Å². The average molecular weight is 302 g/mol. The van der Waals surface area contributed by atoms with Crippen molar-refractivity contribution in [2.75, 3.05) is 23.3 Å². The number of amides is 1. The molecule has 0 unspecified atom stereocenters. The van der Waals surface area contributed by atoms with Crippen LogP contribution >= 0.6 is 0 Å². The molecule has 0 saturated carbocycles. The second-order valence-corrected chi connectivity index (χ2v) is 5.48. The van der Waals surface area contributed by atoms with E-state index in [0.29, 0.717) is 11.5 Å². The van der Waals surface area contributed by atoms with Crippen molar-refractivity contribution >= 4 is 17.5 Å². The highest BCUT2D eigenvalue weighted by Crippen LogP contribution is 2.23. The Kier molecular flexibility index (Phi) is 3.99. The maximum atomic E-state index is 12.2. The number of nitrogens with one attached hydrogen (secondary N) is 1.